The molecule has 28 heavy (non-hydrogen) atoms. The molecule has 1 N–H and O–H groups in total. The summed E-state index contributed by atoms with van der Waals surface area (Å²) in [6.45, 7) is 3.30. The number of hydrogen-bond acceptors (Lipinski definition) is 2. The van der Waals surface area contributed by atoms with Crippen molar-refractivity contribution in [2.75, 3.05) is 7.05 Å². The second-order valence-corrected chi connectivity index (χ2v) is 7.23. The van der Waals surface area contributed by atoms with Gasteiger partial charge in [-0.2, -0.15) is 5.10 Å². The predicted octanol–water partition coefficient (Wildman–Crippen LogP) is 3.92. The molecule has 2 heterocycles. The number of hydrogen-bond donors (Lipinski definition) is 1. The number of carbonyl (C=O) groups excluding carboxylic acids is 1. The van der Waals surface area contributed by atoms with Gasteiger partial charge in [-0.25, -0.2) is 0 Å². The van der Waals surface area contributed by atoms with Gasteiger partial charge in [-0.15, -0.1) is 0 Å². The van der Waals surface area contributed by atoms with Crippen molar-refractivity contribution in [3.8, 4) is 0 Å². The minimum Gasteiger partial charge on any atom is -0.358 e. The van der Waals surface area contributed by atoms with Crippen molar-refractivity contribution in [3.05, 3.63) is 89.4 Å². The Morgan fingerprint density at radius 2 is 1.82 bits per heavy atom. The Morgan fingerprint density at radius 1 is 1.07 bits per heavy atom. The smallest absolute Gasteiger partial charge is 0.227 e. The minimum absolute atomic E-state index is 0.101. The largest absolute Gasteiger partial charge is 0.358 e. The van der Waals surface area contributed by atoms with Gasteiger partial charge in [0.25, 0.3) is 0 Å². The van der Waals surface area contributed by atoms with Crippen LogP contribution in [0.25, 0.3) is 10.9 Å². The number of benzene rings is 2. The summed E-state index contributed by atoms with van der Waals surface area (Å²) in [7, 11) is 1.85. The van der Waals surface area contributed by atoms with E-state index in [2.05, 4.69) is 28.3 Å². The van der Waals surface area contributed by atoms with E-state index in [0.29, 0.717) is 13.0 Å². The lowest BCUT2D eigenvalue weighted by atomic mass is 10.1. The third kappa shape index (κ3) is 3.83. The van der Waals surface area contributed by atoms with Crippen LogP contribution < -0.4 is 0 Å². The zero-order chi connectivity index (χ0) is 19.5. The number of rotatable bonds is 6. The van der Waals surface area contributed by atoms with E-state index >= 15 is 0 Å². The summed E-state index contributed by atoms with van der Waals surface area (Å²) in [6, 6.07) is 18.3. The second kappa shape index (κ2) is 7.72. The average molecular weight is 372 g/mol. The summed E-state index contributed by atoms with van der Waals surface area (Å²) in [5.41, 5.74) is 5.44. The highest BCUT2D eigenvalue weighted by Gasteiger charge is 2.16. The van der Waals surface area contributed by atoms with Crippen molar-refractivity contribution in [1.82, 2.24) is 19.7 Å². The normalized spacial score (nSPS) is 11.1. The Kier molecular flexibility index (Phi) is 4.98. The molecular weight excluding hydrogens is 348 g/mol. The van der Waals surface area contributed by atoms with E-state index in [9.17, 15) is 4.79 Å². The second-order valence-electron chi connectivity index (χ2n) is 7.23. The van der Waals surface area contributed by atoms with Gasteiger partial charge in [0.1, 0.15) is 0 Å². The average Bonchev–Trinajstić information content (AvgIpc) is 3.26. The van der Waals surface area contributed by atoms with E-state index in [1.165, 1.54) is 5.56 Å². The van der Waals surface area contributed by atoms with Gasteiger partial charge in [0.15, 0.2) is 0 Å². The summed E-state index contributed by atoms with van der Waals surface area (Å²) in [4.78, 5) is 17.9. The molecule has 2 aromatic carbocycles. The lowest BCUT2D eigenvalue weighted by Gasteiger charge is -2.16. The molecule has 0 aliphatic rings. The van der Waals surface area contributed by atoms with Gasteiger partial charge >= 0.3 is 0 Å². The van der Waals surface area contributed by atoms with Gasteiger partial charge in [-0.1, -0.05) is 48.5 Å². The van der Waals surface area contributed by atoms with E-state index in [1.807, 2.05) is 67.4 Å². The number of nitrogens with zero attached hydrogens (tertiary/aromatic N) is 3. The quantitative estimate of drug-likeness (QED) is 0.558. The number of aryl methyl sites for hydroxylation is 1. The van der Waals surface area contributed by atoms with Crippen molar-refractivity contribution in [2.45, 2.75) is 26.4 Å². The summed E-state index contributed by atoms with van der Waals surface area (Å²) in [5.74, 6) is 0.101. The van der Waals surface area contributed by atoms with Crippen LogP contribution in [0.2, 0.25) is 0 Å². The third-order valence-corrected chi connectivity index (χ3v) is 5.07. The highest BCUT2D eigenvalue weighted by molar-refractivity contribution is 5.90. The van der Waals surface area contributed by atoms with E-state index in [-0.39, 0.29) is 5.91 Å². The summed E-state index contributed by atoms with van der Waals surface area (Å²) < 4.78 is 1.91. The topological polar surface area (TPSA) is 53.9 Å². The van der Waals surface area contributed by atoms with Gasteiger partial charge in [0.2, 0.25) is 5.91 Å². The summed E-state index contributed by atoms with van der Waals surface area (Å²) >= 11 is 0. The fourth-order valence-corrected chi connectivity index (χ4v) is 3.56. The first kappa shape index (κ1) is 18.0. The van der Waals surface area contributed by atoms with Crippen molar-refractivity contribution in [1.29, 1.82) is 0 Å². The molecule has 0 fully saturated rings. The zero-order valence-corrected chi connectivity index (χ0v) is 16.2. The Morgan fingerprint density at radius 3 is 2.64 bits per heavy atom. The van der Waals surface area contributed by atoms with Crippen molar-refractivity contribution in [3.63, 3.8) is 0 Å². The molecule has 0 saturated carbocycles. The van der Waals surface area contributed by atoms with Crippen LogP contribution in [-0.4, -0.2) is 32.6 Å². The maximum absolute atomic E-state index is 12.8. The van der Waals surface area contributed by atoms with Crippen LogP contribution in [0, 0.1) is 6.92 Å². The number of carbonyl (C=O) groups is 1. The number of aromatic nitrogens is 3. The van der Waals surface area contributed by atoms with Crippen LogP contribution in [0.1, 0.15) is 22.4 Å². The maximum Gasteiger partial charge on any atom is 0.227 e. The molecule has 2 aromatic heterocycles. The SMILES string of the molecule is Cc1[nH]c2ccccc2c1CC(=O)N(C)Cc1cnn(Cc2ccccc2)c1. The van der Waals surface area contributed by atoms with Gasteiger partial charge in [0.05, 0.1) is 19.2 Å². The molecule has 5 nitrogen and oxygen atoms in total. The Hall–Kier alpha value is -3.34. The number of fused-ring (bicyclic) bond motifs is 1. The van der Waals surface area contributed by atoms with Gasteiger partial charge < -0.3 is 9.88 Å². The fraction of sp³-hybridized carbons (Fsp3) is 0.217. The van der Waals surface area contributed by atoms with Crippen molar-refractivity contribution >= 4 is 16.8 Å². The van der Waals surface area contributed by atoms with E-state index < -0.39 is 0 Å². The molecule has 5 heteroatoms. The Labute approximate surface area is 164 Å². The maximum atomic E-state index is 12.8. The first-order valence-electron chi connectivity index (χ1n) is 9.45. The molecule has 0 radical (unpaired) electrons. The Bertz CT molecular complexity index is 1090. The number of amides is 1. The van der Waals surface area contributed by atoms with Crippen LogP contribution in [0.4, 0.5) is 0 Å². The molecule has 0 spiro atoms. The van der Waals surface area contributed by atoms with E-state index in [4.69, 9.17) is 0 Å². The molecule has 0 aliphatic carbocycles. The summed E-state index contributed by atoms with van der Waals surface area (Å²) in [6.07, 6.45) is 4.24. The molecule has 0 atom stereocenters. The highest BCUT2D eigenvalue weighted by atomic mass is 16.2. The first-order valence-corrected chi connectivity index (χ1v) is 9.45. The standard InChI is InChI=1S/C23H24N4O/c1-17-21(20-10-6-7-11-22(20)25-17)12-23(28)26(2)14-19-13-24-27(16-19)15-18-8-4-3-5-9-18/h3-11,13,16,25H,12,14-15H2,1-2H3. The molecule has 4 aromatic rings. The molecule has 142 valence electrons. The molecule has 4 rings (SSSR count). The number of H-pyrrole nitrogens is 1. The van der Waals surface area contributed by atoms with E-state index in [0.717, 1.165) is 34.3 Å². The van der Waals surface area contributed by atoms with E-state index in [1.54, 1.807) is 4.90 Å². The van der Waals surface area contributed by atoms with Crippen LogP contribution in [0.5, 0.6) is 0 Å². The van der Waals surface area contributed by atoms with Gasteiger partial charge in [-0.3, -0.25) is 9.48 Å². The summed E-state index contributed by atoms with van der Waals surface area (Å²) in [5, 5.41) is 5.55. The molecular formula is C23H24N4O. The molecule has 0 saturated heterocycles. The lowest BCUT2D eigenvalue weighted by Crippen LogP contribution is -2.27. The molecule has 0 aliphatic heterocycles. The third-order valence-electron chi connectivity index (χ3n) is 5.07. The molecule has 1 amide bonds. The lowest BCUT2D eigenvalue weighted by molar-refractivity contribution is -0.129. The number of aromatic amines is 1. The van der Waals surface area contributed by atoms with Crippen LogP contribution in [-0.2, 0) is 24.3 Å². The van der Waals surface area contributed by atoms with Gasteiger partial charge in [-0.05, 0) is 24.1 Å². The van der Waals surface area contributed by atoms with Crippen LogP contribution in [0.3, 0.4) is 0 Å². The number of para-hydroxylation sites is 1. The fourth-order valence-electron chi connectivity index (χ4n) is 3.56. The minimum atomic E-state index is 0.101. The molecule has 0 bridgehead atoms. The Balaban J connectivity index is 1.41. The highest BCUT2D eigenvalue weighted by Crippen LogP contribution is 2.23. The predicted molar refractivity (Wildman–Crippen MR) is 111 cm³/mol. The monoisotopic (exact) mass is 372 g/mol. The van der Waals surface area contributed by atoms with Crippen LogP contribution in [0.15, 0.2) is 67.0 Å². The van der Waals surface area contributed by atoms with Crippen LogP contribution >= 0.6 is 0 Å². The first-order chi connectivity index (χ1) is 13.6. The number of nitrogens with one attached hydrogen (secondary N) is 1. The number of likely N-dealkylation sites (N-methyl/N-ethyl adjacent to an activating group) is 1. The molecule has 0 unspecified atom stereocenters. The zero-order valence-electron chi connectivity index (χ0n) is 16.2. The van der Waals surface area contributed by atoms with Crippen molar-refractivity contribution in [2.24, 2.45) is 0 Å². The van der Waals surface area contributed by atoms with Crippen molar-refractivity contribution < 1.29 is 4.79 Å². The van der Waals surface area contributed by atoms with Gasteiger partial charge in [0, 0.05) is 41.9 Å².